The summed E-state index contributed by atoms with van der Waals surface area (Å²) in [6, 6.07) is 3.49. The van der Waals surface area contributed by atoms with E-state index in [1.165, 1.54) is 17.0 Å². The maximum atomic E-state index is 13.3. The van der Waals surface area contributed by atoms with Gasteiger partial charge in [0.2, 0.25) is 0 Å². The van der Waals surface area contributed by atoms with E-state index in [-0.39, 0.29) is 11.4 Å². The number of para-hydroxylation sites is 1. The Morgan fingerprint density at radius 1 is 1.26 bits per heavy atom. The summed E-state index contributed by atoms with van der Waals surface area (Å²) in [5, 5.41) is 0.950. The average molecular weight is 331 g/mol. The Morgan fingerprint density at radius 3 is 2.30 bits per heavy atom. The van der Waals surface area contributed by atoms with Crippen LogP contribution in [-0.4, -0.2) is 29.6 Å². The van der Waals surface area contributed by atoms with Crippen molar-refractivity contribution in [2.75, 3.05) is 23.9 Å². The van der Waals surface area contributed by atoms with Gasteiger partial charge in [-0.2, -0.15) is 18.2 Å². The van der Waals surface area contributed by atoms with Gasteiger partial charge in [-0.1, -0.05) is 6.07 Å². The molecule has 0 spiro atoms. The van der Waals surface area contributed by atoms with Crippen molar-refractivity contribution in [2.24, 2.45) is 0 Å². The minimum Gasteiger partial charge on any atom is -0.397 e. The standard InChI is InChI=1S/C15H20F3N3O2/c1-14(2,3)21(23-13(22)20-8-5-9-20)12-10(15(16,17)18)6-4-7-11(12)19/h4,6-7H,5,8-9,19H2,1-3H3. The van der Waals surface area contributed by atoms with E-state index in [0.29, 0.717) is 13.1 Å². The van der Waals surface area contributed by atoms with Crippen molar-refractivity contribution in [3.05, 3.63) is 23.8 Å². The number of alkyl halides is 3. The smallest absolute Gasteiger partial charge is 0.397 e. The quantitative estimate of drug-likeness (QED) is 0.664. The lowest BCUT2D eigenvalue weighted by atomic mass is 10.0. The fraction of sp³-hybridized carbons (Fsp3) is 0.533. The van der Waals surface area contributed by atoms with Gasteiger partial charge >= 0.3 is 12.3 Å². The van der Waals surface area contributed by atoms with Crippen LogP contribution in [0.15, 0.2) is 18.2 Å². The highest BCUT2D eigenvalue weighted by atomic mass is 19.4. The number of nitrogen functional groups attached to an aromatic ring is 1. The second-order valence-electron chi connectivity index (χ2n) is 6.40. The number of carbonyl (C=O) groups is 1. The second kappa shape index (κ2) is 5.82. The van der Waals surface area contributed by atoms with Gasteiger partial charge in [0.05, 0.1) is 16.8 Å². The molecule has 23 heavy (non-hydrogen) atoms. The minimum absolute atomic E-state index is 0.105. The summed E-state index contributed by atoms with van der Waals surface area (Å²) >= 11 is 0. The van der Waals surface area contributed by atoms with Crippen LogP contribution in [-0.2, 0) is 11.0 Å². The molecule has 0 unspecified atom stereocenters. The van der Waals surface area contributed by atoms with Crippen LogP contribution in [0.4, 0.5) is 29.3 Å². The first-order chi connectivity index (χ1) is 10.5. The van der Waals surface area contributed by atoms with Gasteiger partial charge in [-0.25, -0.2) is 4.79 Å². The lowest BCUT2D eigenvalue weighted by Crippen LogP contribution is -2.50. The van der Waals surface area contributed by atoms with Crippen LogP contribution in [0.3, 0.4) is 0 Å². The van der Waals surface area contributed by atoms with Crippen LogP contribution in [0, 0.1) is 0 Å². The Kier molecular flexibility index (Phi) is 4.37. The monoisotopic (exact) mass is 331 g/mol. The molecule has 0 aromatic heterocycles. The van der Waals surface area contributed by atoms with Crippen molar-refractivity contribution < 1.29 is 22.8 Å². The molecule has 0 aliphatic carbocycles. The molecular weight excluding hydrogens is 311 g/mol. The van der Waals surface area contributed by atoms with E-state index in [2.05, 4.69) is 0 Å². The van der Waals surface area contributed by atoms with Crippen LogP contribution in [0.25, 0.3) is 0 Å². The van der Waals surface area contributed by atoms with Gasteiger partial charge in [-0.05, 0) is 39.3 Å². The predicted molar refractivity (Wildman–Crippen MR) is 80.8 cm³/mol. The number of halogens is 3. The van der Waals surface area contributed by atoms with E-state index >= 15 is 0 Å². The van der Waals surface area contributed by atoms with Crippen molar-refractivity contribution >= 4 is 17.5 Å². The normalized spacial score (nSPS) is 15.1. The summed E-state index contributed by atoms with van der Waals surface area (Å²) in [5.41, 5.74) is 3.47. The molecule has 0 saturated carbocycles. The number of benzene rings is 1. The Hall–Kier alpha value is -2.12. The molecule has 1 aliphatic rings. The number of hydrogen-bond donors (Lipinski definition) is 1. The van der Waals surface area contributed by atoms with Crippen molar-refractivity contribution in [1.29, 1.82) is 0 Å². The van der Waals surface area contributed by atoms with Crippen LogP contribution in [0.1, 0.15) is 32.8 Å². The average Bonchev–Trinajstić information content (AvgIpc) is 2.31. The summed E-state index contributed by atoms with van der Waals surface area (Å²) in [6.07, 6.45) is -4.44. The molecule has 0 radical (unpaired) electrons. The summed E-state index contributed by atoms with van der Waals surface area (Å²) in [5.74, 6) is 0. The second-order valence-corrected chi connectivity index (χ2v) is 6.40. The predicted octanol–water partition coefficient (Wildman–Crippen LogP) is 3.65. The zero-order valence-electron chi connectivity index (χ0n) is 13.3. The number of amides is 1. The van der Waals surface area contributed by atoms with Crippen LogP contribution in [0.5, 0.6) is 0 Å². The molecule has 1 heterocycles. The molecule has 1 saturated heterocycles. The molecule has 1 amide bonds. The molecule has 128 valence electrons. The van der Waals surface area contributed by atoms with Crippen LogP contribution in [0.2, 0.25) is 0 Å². The third kappa shape index (κ3) is 3.62. The van der Waals surface area contributed by atoms with Gasteiger partial charge in [0.15, 0.2) is 0 Å². The van der Waals surface area contributed by atoms with Crippen LogP contribution >= 0.6 is 0 Å². The lowest BCUT2D eigenvalue weighted by molar-refractivity contribution is -0.137. The molecule has 8 heteroatoms. The highest BCUT2D eigenvalue weighted by Crippen LogP contribution is 2.42. The Morgan fingerprint density at radius 2 is 1.87 bits per heavy atom. The zero-order valence-corrected chi connectivity index (χ0v) is 13.3. The number of carbonyl (C=O) groups excluding carboxylic acids is 1. The number of rotatable bonds is 2. The molecule has 1 aromatic rings. The summed E-state index contributed by atoms with van der Waals surface area (Å²) in [4.78, 5) is 18.8. The van der Waals surface area contributed by atoms with Gasteiger partial charge < -0.3 is 15.5 Å². The van der Waals surface area contributed by atoms with Gasteiger partial charge in [-0.3, -0.25) is 0 Å². The number of nitrogens with two attached hydrogens (primary N) is 1. The Labute approximate surface area is 132 Å². The van der Waals surface area contributed by atoms with E-state index < -0.39 is 23.4 Å². The number of likely N-dealkylation sites (tertiary alicyclic amines) is 1. The van der Waals surface area contributed by atoms with Gasteiger partial charge in [-0.15, -0.1) is 0 Å². The molecule has 2 rings (SSSR count). The number of anilines is 2. The first-order valence-electron chi connectivity index (χ1n) is 7.24. The summed E-state index contributed by atoms with van der Waals surface area (Å²) in [7, 11) is 0. The lowest BCUT2D eigenvalue weighted by Gasteiger charge is -2.39. The first-order valence-corrected chi connectivity index (χ1v) is 7.24. The highest BCUT2D eigenvalue weighted by molar-refractivity contribution is 5.76. The molecule has 1 fully saturated rings. The maximum absolute atomic E-state index is 13.3. The topological polar surface area (TPSA) is 58.8 Å². The summed E-state index contributed by atoms with van der Waals surface area (Å²) < 4.78 is 40.0. The largest absolute Gasteiger partial charge is 0.434 e. The van der Waals surface area contributed by atoms with E-state index in [1.54, 1.807) is 20.8 Å². The molecule has 1 aromatic carbocycles. The molecular formula is C15H20F3N3O2. The first kappa shape index (κ1) is 17.2. The number of hydrogen-bond acceptors (Lipinski definition) is 4. The number of nitrogens with zero attached hydrogens (tertiary/aromatic N) is 2. The van der Waals surface area contributed by atoms with Gasteiger partial charge in [0, 0.05) is 13.1 Å². The van der Waals surface area contributed by atoms with Gasteiger partial charge in [0.1, 0.15) is 5.69 Å². The molecule has 0 bridgehead atoms. The van der Waals surface area contributed by atoms with Crippen molar-refractivity contribution in [3.63, 3.8) is 0 Å². The van der Waals surface area contributed by atoms with Crippen molar-refractivity contribution in [3.8, 4) is 0 Å². The Bertz CT molecular complexity index is 593. The molecule has 1 aliphatic heterocycles. The molecule has 2 N–H and O–H groups in total. The Balaban J connectivity index is 2.45. The molecule has 0 atom stereocenters. The highest BCUT2D eigenvalue weighted by Gasteiger charge is 2.40. The fourth-order valence-corrected chi connectivity index (χ4v) is 2.17. The van der Waals surface area contributed by atoms with Crippen molar-refractivity contribution in [2.45, 2.75) is 38.9 Å². The third-order valence-electron chi connectivity index (χ3n) is 3.47. The van der Waals surface area contributed by atoms with E-state index in [4.69, 9.17) is 10.6 Å². The van der Waals surface area contributed by atoms with E-state index in [0.717, 1.165) is 17.6 Å². The third-order valence-corrected chi connectivity index (χ3v) is 3.47. The SMILES string of the molecule is CC(C)(C)N(OC(=O)N1CCC1)c1c(N)cccc1C(F)(F)F. The van der Waals surface area contributed by atoms with Crippen LogP contribution < -0.4 is 10.8 Å². The fourth-order valence-electron chi connectivity index (χ4n) is 2.17. The molecule has 5 nitrogen and oxygen atoms in total. The zero-order chi connectivity index (χ0) is 17.4. The summed E-state index contributed by atoms with van der Waals surface area (Å²) in [6.45, 7) is 6.00. The number of hydroxylamine groups is 1. The van der Waals surface area contributed by atoms with Gasteiger partial charge in [0.25, 0.3) is 0 Å². The van der Waals surface area contributed by atoms with Crippen molar-refractivity contribution in [1.82, 2.24) is 4.90 Å². The van der Waals surface area contributed by atoms with E-state index in [1.807, 2.05) is 0 Å². The minimum atomic E-state index is -4.61. The maximum Gasteiger partial charge on any atom is 0.434 e. The van der Waals surface area contributed by atoms with E-state index in [9.17, 15) is 18.0 Å².